The standard InChI is InChI=1S/C13H16F2N2O/c1-10-8-11(9-12(15)13(10)17-16)18-7-5-3-2-4-6-14/h2-5,8-9,17H,6-7,16H2,1H3/b4-2-,5-3-. The second kappa shape index (κ2) is 7.45. The molecule has 5 heteroatoms. The quantitative estimate of drug-likeness (QED) is 0.466. The number of nitrogen functional groups attached to an aromatic ring is 1. The van der Waals surface area contributed by atoms with Crippen LogP contribution in [-0.2, 0) is 0 Å². The van der Waals surface area contributed by atoms with Crippen LogP contribution in [0.1, 0.15) is 5.56 Å². The van der Waals surface area contributed by atoms with E-state index in [1.54, 1.807) is 31.2 Å². The molecule has 0 atom stereocenters. The summed E-state index contributed by atoms with van der Waals surface area (Å²) in [5.41, 5.74) is 3.21. The Hall–Kier alpha value is -1.88. The number of nitrogens with one attached hydrogen (secondary N) is 1. The van der Waals surface area contributed by atoms with Gasteiger partial charge in [-0.05, 0) is 24.6 Å². The lowest BCUT2D eigenvalue weighted by Gasteiger charge is -2.09. The van der Waals surface area contributed by atoms with Crippen molar-refractivity contribution in [3.8, 4) is 5.75 Å². The van der Waals surface area contributed by atoms with Crippen molar-refractivity contribution >= 4 is 5.69 Å². The van der Waals surface area contributed by atoms with Crippen molar-refractivity contribution in [1.29, 1.82) is 0 Å². The first-order valence-electron chi connectivity index (χ1n) is 5.46. The van der Waals surface area contributed by atoms with E-state index in [-0.39, 0.29) is 12.3 Å². The summed E-state index contributed by atoms with van der Waals surface area (Å²) in [7, 11) is 0. The maximum atomic E-state index is 13.5. The molecular formula is C13H16F2N2O. The van der Waals surface area contributed by atoms with Crippen LogP contribution < -0.4 is 16.0 Å². The highest BCUT2D eigenvalue weighted by molar-refractivity contribution is 5.54. The van der Waals surface area contributed by atoms with Gasteiger partial charge in [-0.2, -0.15) is 0 Å². The molecule has 0 bridgehead atoms. The Balaban J connectivity index is 2.58. The maximum Gasteiger partial charge on any atom is 0.151 e. The van der Waals surface area contributed by atoms with Gasteiger partial charge in [-0.1, -0.05) is 18.2 Å². The van der Waals surface area contributed by atoms with Crippen molar-refractivity contribution in [3.05, 3.63) is 47.8 Å². The minimum atomic E-state index is -0.497. The Bertz CT molecular complexity index is 422. The molecule has 0 saturated carbocycles. The predicted octanol–water partition coefficient (Wildman–Crippen LogP) is 2.88. The van der Waals surface area contributed by atoms with Gasteiger partial charge in [0, 0.05) is 6.07 Å². The van der Waals surface area contributed by atoms with Gasteiger partial charge >= 0.3 is 0 Å². The van der Waals surface area contributed by atoms with Gasteiger partial charge in [0.1, 0.15) is 19.0 Å². The first-order valence-corrected chi connectivity index (χ1v) is 5.46. The third-order valence-electron chi connectivity index (χ3n) is 2.22. The summed E-state index contributed by atoms with van der Waals surface area (Å²) in [5.74, 6) is 5.14. The van der Waals surface area contributed by atoms with E-state index in [0.29, 0.717) is 11.3 Å². The summed E-state index contributed by atoms with van der Waals surface area (Å²) in [4.78, 5) is 0. The molecule has 1 rings (SSSR count). The number of allylic oxidation sites excluding steroid dienone is 3. The number of rotatable bonds is 6. The van der Waals surface area contributed by atoms with E-state index in [1.165, 1.54) is 12.1 Å². The zero-order chi connectivity index (χ0) is 13.4. The number of hydrogen-bond acceptors (Lipinski definition) is 3. The smallest absolute Gasteiger partial charge is 0.151 e. The van der Waals surface area contributed by atoms with Crippen LogP contribution in [0.5, 0.6) is 5.75 Å². The van der Waals surface area contributed by atoms with Crippen LogP contribution in [0.15, 0.2) is 36.4 Å². The maximum absolute atomic E-state index is 13.5. The zero-order valence-electron chi connectivity index (χ0n) is 10.1. The number of hydrazine groups is 1. The fraction of sp³-hybridized carbons (Fsp3) is 0.231. The van der Waals surface area contributed by atoms with Crippen LogP contribution in [0.3, 0.4) is 0 Å². The summed E-state index contributed by atoms with van der Waals surface area (Å²) in [6.07, 6.45) is 6.33. The van der Waals surface area contributed by atoms with Crippen LogP contribution in [0, 0.1) is 12.7 Å². The van der Waals surface area contributed by atoms with E-state index in [1.807, 2.05) is 0 Å². The van der Waals surface area contributed by atoms with Gasteiger partial charge < -0.3 is 10.2 Å². The number of anilines is 1. The molecule has 0 amide bonds. The largest absolute Gasteiger partial charge is 0.489 e. The van der Waals surface area contributed by atoms with Gasteiger partial charge in [-0.15, -0.1) is 0 Å². The lowest BCUT2D eigenvalue weighted by molar-refractivity contribution is 0.360. The monoisotopic (exact) mass is 254 g/mol. The Labute approximate surface area is 105 Å². The SMILES string of the molecule is Cc1cc(OC/C=C\C=C/CF)cc(F)c1NN. The molecule has 1 aromatic rings. The normalized spacial score (nSPS) is 11.3. The molecule has 0 unspecified atom stereocenters. The molecule has 3 N–H and O–H groups in total. The highest BCUT2D eigenvalue weighted by atomic mass is 19.1. The molecule has 0 aliphatic carbocycles. The number of aryl methyl sites for hydroxylation is 1. The average Bonchev–Trinajstić information content (AvgIpc) is 2.33. The highest BCUT2D eigenvalue weighted by Crippen LogP contribution is 2.24. The van der Waals surface area contributed by atoms with Crippen molar-refractivity contribution in [2.45, 2.75) is 6.92 Å². The van der Waals surface area contributed by atoms with Gasteiger partial charge in [0.25, 0.3) is 0 Å². The lowest BCUT2D eigenvalue weighted by Crippen LogP contribution is -2.10. The fourth-order valence-electron chi connectivity index (χ4n) is 1.39. The van der Waals surface area contributed by atoms with Crippen LogP contribution in [-0.4, -0.2) is 13.3 Å². The van der Waals surface area contributed by atoms with E-state index in [0.717, 1.165) is 0 Å². The topological polar surface area (TPSA) is 47.3 Å². The molecular weight excluding hydrogens is 238 g/mol. The molecule has 18 heavy (non-hydrogen) atoms. The first-order chi connectivity index (χ1) is 8.69. The second-order valence-corrected chi connectivity index (χ2v) is 3.56. The van der Waals surface area contributed by atoms with E-state index in [4.69, 9.17) is 10.6 Å². The Morgan fingerprint density at radius 3 is 2.67 bits per heavy atom. The molecule has 0 radical (unpaired) electrons. The average molecular weight is 254 g/mol. The molecule has 0 aromatic heterocycles. The van der Waals surface area contributed by atoms with Crippen molar-refractivity contribution in [1.82, 2.24) is 0 Å². The summed E-state index contributed by atoms with van der Waals surface area (Å²) in [6.45, 7) is 1.51. The van der Waals surface area contributed by atoms with Crippen LogP contribution in [0.25, 0.3) is 0 Å². The third kappa shape index (κ3) is 4.18. The molecule has 98 valence electrons. The Morgan fingerprint density at radius 2 is 2.06 bits per heavy atom. The molecule has 3 nitrogen and oxygen atoms in total. The minimum Gasteiger partial charge on any atom is -0.489 e. The summed E-state index contributed by atoms with van der Waals surface area (Å²) in [6, 6.07) is 2.94. The van der Waals surface area contributed by atoms with E-state index < -0.39 is 12.5 Å². The predicted molar refractivity (Wildman–Crippen MR) is 68.7 cm³/mol. The summed E-state index contributed by atoms with van der Waals surface area (Å²) < 4.78 is 30.5. The highest BCUT2D eigenvalue weighted by Gasteiger charge is 2.06. The number of ether oxygens (including phenoxy) is 1. The number of nitrogens with two attached hydrogens (primary N) is 1. The molecule has 0 heterocycles. The van der Waals surface area contributed by atoms with E-state index >= 15 is 0 Å². The molecule has 0 aliphatic rings. The van der Waals surface area contributed by atoms with Crippen LogP contribution >= 0.6 is 0 Å². The van der Waals surface area contributed by atoms with Crippen molar-refractivity contribution in [3.63, 3.8) is 0 Å². The summed E-state index contributed by atoms with van der Waals surface area (Å²) >= 11 is 0. The first kappa shape index (κ1) is 14.2. The number of hydrogen-bond donors (Lipinski definition) is 2. The van der Waals surface area contributed by atoms with Gasteiger partial charge in [0.2, 0.25) is 0 Å². The van der Waals surface area contributed by atoms with E-state index in [2.05, 4.69) is 5.43 Å². The third-order valence-corrected chi connectivity index (χ3v) is 2.22. The molecule has 0 saturated heterocycles. The van der Waals surface area contributed by atoms with Crippen molar-refractivity contribution in [2.75, 3.05) is 18.7 Å². The van der Waals surface area contributed by atoms with Gasteiger partial charge in [-0.3, -0.25) is 5.84 Å². The van der Waals surface area contributed by atoms with E-state index in [9.17, 15) is 8.78 Å². The molecule has 0 aliphatic heterocycles. The minimum absolute atomic E-state index is 0.253. The number of alkyl halides is 1. The molecule has 0 fully saturated rings. The fourth-order valence-corrected chi connectivity index (χ4v) is 1.39. The van der Waals surface area contributed by atoms with Crippen LogP contribution in [0.4, 0.5) is 14.5 Å². The number of benzene rings is 1. The zero-order valence-corrected chi connectivity index (χ0v) is 10.1. The lowest BCUT2D eigenvalue weighted by atomic mass is 10.2. The van der Waals surface area contributed by atoms with Gasteiger partial charge in [-0.25, -0.2) is 8.78 Å². The van der Waals surface area contributed by atoms with Gasteiger partial charge in [0.05, 0.1) is 5.69 Å². The molecule has 1 aromatic carbocycles. The van der Waals surface area contributed by atoms with Gasteiger partial charge in [0.15, 0.2) is 5.82 Å². The van der Waals surface area contributed by atoms with Crippen molar-refractivity contribution < 1.29 is 13.5 Å². The van der Waals surface area contributed by atoms with Crippen LogP contribution in [0.2, 0.25) is 0 Å². The molecule has 0 spiro atoms. The Kier molecular flexibility index (Phi) is 5.87. The number of halogens is 2. The summed E-state index contributed by atoms with van der Waals surface area (Å²) in [5, 5.41) is 0. The Morgan fingerprint density at radius 1 is 1.33 bits per heavy atom. The second-order valence-electron chi connectivity index (χ2n) is 3.56. The van der Waals surface area contributed by atoms with Crippen molar-refractivity contribution in [2.24, 2.45) is 5.84 Å².